The van der Waals surface area contributed by atoms with E-state index in [1.807, 2.05) is 43.3 Å². The van der Waals surface area contributed by atoms with Crippen LogP contribution in [0.2, 0.25) is 0 Å². The summed E-state index contributed by atoms with van der Waals surface area (Å²) < 4.78 is 26.1. The van der Waals surface area contributed by atoms with Crippen molar-refractivity contribution in [1.29, 1.82) is 0 Å². The summed E-state index contributed by atoms with van der Waals surface area (Å²) in [6.45, 7) is 16.8. The Morgan fingerprint density at radius 3 is 1.74 bits per heavy atom. The Morgan fingerprint density at radius 1 is 0.660 bits per heavy atom. The Balaban J connectivity index is 0.000000548. The molecule has 0 amide bonds. The monoisotopic (exact) mass is 654 g/mol. The molecule has 2 aromatic carbocycles. The van der Waals surface area contributed by atoms with Gasteiger partial charge in [-0.15, -0.1) is 0 Å². The van der Waals surface area contributed by atoms with Gasteiger partial charge in [-0.25, -0.2) is 4.79 Å². The zero-order valence-corrected chi connectivity index (χ0v) is 30.2. The molecule has 0 radical (unpaired) electrons. The highest BCUT2D eigenvalue weighted by Crippen LogP contribution is 2.47. The normalized spacial score (nSPS) is 12.8. The largest absolute Gasteiger partial charge is 0.497 e. The summed E-state index contributed by atoms with van der Waals surface area (Å²) in [7, 11) is 3.17. The predicted octanol–water partition coefficient (Wildman–Crippen LogP) is 8.76. The number of esters is 2. The first-order valence-electron chi connectivity index (χ1n) is 16.5. The van der Waals surface area contributed by atoms with Crippen LogP contribution in [-0.4, -0.2) is 58.9 Å². The third-order valence-corrected chi connectivity index (χ3v) is 7.86. The van der Waals surface area contributed by atoms with Crippen LogP contribution in [0.15, 0.2) is 54.6 Å². The maximum atomic E-state index is 12.9. The Bertz CT molecular complexity index is 1200. The zero-order valence-electron chi connectivity index (χ0n) is 30.2. The second-order valence-corrected chi connectivity index (χ2v) is 14.0. The van der Waals surface area contributed by atoms with Gasteiger partial charge in [0.25, 0.3) is 0 Å². The Morgan fingerprint density at radius 2 is 1.21 bits per heavy atom. The molecule has 0 bridgehead atoms. The lowest BCUT2D eigenvalue weighted by Gasteiger charge is -2.43. The first-order chi connectivity index (χ1) is 22.1. The number of hydrogen-bond donors (Lipinski definition) is 0. The first-order valence-corrected chi connectivity index (χ1v) is 16.5. The molecule has 0 saturated carbocycles. The van der Waals surface area contributed by atoms with E-state index in [4.69, 9.17) is 23.7 Å². The van der Waals surface area contributed by atoms with Crippen molar-refractivity contribution >= 4 is 24.3 Å². The van der Waals surface area contributed by atoms with Crippen LogP contribution in [-0.2, 0) is 23.8 Å². The van der Waals surface area contributed by atoms with Gasteiger partial charge in [-0.05, 0) is 85.1 Å². The van der Waals surface area contributed by atoms with Crippen LogP contribution in [0.4, 0.5) is 0 Å². The molecule has 262 valence electrons. The number of unbranched alkanes of at least 4 members (excludes halogenated alkanes) is 4. The van der Waals surface area contributed by atoms with Gasteiger partial charge in [0.15, 0.2) is 0 Å². The van der Waals surface area contributed by atoms with Crippen LogP contribution < -0.4 is 9.47 Å². The van der Waals surface area contributed by atoms with Crippen molar-refractivity contribution in [1.82, 2.24) is 0 Å². The van der Waals surface area contributed by atoms with Gasteiger partial charge in [0, 0.05) is 18.7 Å². The van der Waals surface area contributed by atoms with Crippen molar-refractivity contribution in [3.05, 3.63) is 65.7 Å². The molecular weight excluding hydrogens is 596 g/mol. The Labute approximate surface area is 283 Å². The summed E-state index contributed by atoms with van der Waals surface area (Å²) in [4.78, 5) is 34.7. The van der Waals surface area contributed by atoms with Gasteiger partial charge in [0.1, 0.15) is 24.4 Å². The maximum Gasteiger partial charge on any atom is 0.330 e. The number of hydrogen-bond acceptors (Lipinski definition) is 8. The van der Waals surface area contributed by atoms with E-state index in [2.05, 4.69) is 41.5 Å². The number of benzene rings is 2. The highest BCUT2D eigenvalue weighted by atomic mass is 16.6. The SMILES string of the molecule is CC(C)(C)CC(C)(C(=O)OCCCCCCCOc1ccc(C=O)cc1)C(C)(C)C.COCCOC(=O)/C=C/c1ccc(OC)cc1. The van der Waals surface area contributed by atoms with Gasteiger partial charge in [-0.3, -0.25) is 9.59 Å². The molecule has 1 unspecified atom stereocenters. The molecule has 0 aliphatic carbocycles. The van der Waals surface area contributed by atoms with E-state index in [0.717, 1.165) is 61.9 Å². The van der Waals surface area contributed by atoms with Crippen LogP contribution in [0.25, 0.3) is 6.08 Å². The van der Waals surface area contributed by atoms with Gasteiger partial charge in [0.2, 0.25) is 0 Å². The third-order valence-electron chi connectivity index (χ3n) is 7.86. The summed E-state index contributed by atoms with van der Waals surface area (Å²) in [6.07, 6.45) is 9.83. The van der Waals surface area contributed by atoms with Crippen molar-refractivity contribution < 1.29 is 38.1 Å². The lowest BCUT2D eigenvalue weighted by molar-refractivity contribution is -0.165. The molecule has 47 heavy (non-hydrogen) atoms. The number of ether oxygens (including phenoxy) is 5. The van der Waals surface area contributed by atoms with E-state index < -0.39 is 5.41 Å². The molecule has 0 N–H and O–H groups in total. The highest BCUT2D eigenvalue weighted by molar-refractivity contribution is 5.87. The molecule has 0 aromatic heterocycles. The van der Waals surface area contributed by atoms with E-state index in [0.29, 0.717) is 25.4 Å². The van der Waals surface area contributed by atoms with Crippen molar-refractivity contribution in [2.75, 3.05) is 40.6 Å². The van der Waals surface area contributed by atoms with E-state index >= 15 is 0 Å². The molecule has 0 aliphatic heterocycles. The Kier molecular flexibility index (Phi) is 18.7. The van der Waals surface area contributed by atoms with Crippen LogP contribution in [0.3, 0.4) is 0 Å². The van der Waals surface area contributed by atoms with Crippen LogP contribution in [0.5, 0.6) is 11.5 Å². The molecule has 2 rings (SSSR count). The standard InChI is InChI=1S/C26H42O4.C13H16O4/c1-24(2,3)20-26(7,25(4,5)6)23(28)30-18-12-10-8-9-11-17-29-22-15-13-21(19-27)14-16-22;1-15-9-10-17-13(14)8-5-11-3-6-12(16-2)7-4-11/h13-16,19H,8-12,17-18,20H2,1-7H3;3-8H,9-10H2,1-2H3/b;8-5+. The summed E-state index contributed by atoms with van der Waals surface area (Å²) in [5.41, 5.74) is 0.996. The minimum absolute atomic E-state index is 0.0691. The molecule has 0 fully saturated rings. The van der Waals surface area contributed by atoms with Gasteiger partial charge in [-0.2, -0.15) is 0 Å². The lowest BCUT2D eigenvalue weighted by Crippen LogP contribution is -2.44. The second kappa shape index (κ2) is 21.3. The first kappa shape index (κ1) is 41.4. The van der Waals surface area contributed by atoms with E-state index in [1.165, 1.54) is 6.08 Å². The molecule has 0 heterocycles. The number of carbonyl (C=O) groups is 3. The highest BCUT2D eigenvalue weighted by Gasteiger charge is 2.47. The number of rotatable bonds is 18. The molecule has 0 saturated heterocycles. The van der Waals surface area contributed by atoms with E-state index in [-0.39, 0.29) is 29.4 Å². The van der Waals surface area contributed by atoms with E-state index in [9.17, 15) is 14.4 Å². The molecule has 2 aromatic rings. The lowest BCUT2D eigenvalue weighted by atomic mass is 9.61. The third kappa shape index (κ3) is 17.2. The molecule has 0 spiro atoms. The number of carbonyl (C=O) groups excluding carboxylic acids is 3. The molecule has 8 heteroatoms. The molecule has 0 aliphatic rings. The zero-order chi connectivity index (χ0) is 35.3. The Hall–Kier alpha value is -3.65. The van der Waals surface area contributed by atoms with Crippen LogP contribution in [0.1, 0.15) is 103 Å². The van der Waals surface area contributed by atoms with Crippen molar-refractivity contribution in [3.63, 3.8) is 0 Å². The van der Waals surface area contributed by atoms with Crippen molar-refractivity contribution in [2.45, 2.75) is 87.0 Å². The van der Waals surface area contributed by atoms with Gasteiger partial charge < -0.3 is 23.7 Å². The fraction of sp³-hybridized carbons (Fsp3) is 0.564. The number of methoxy groups -OCH3 is 2. The molecular formula is C39H58O8. The van der Waals surface area contributed by atoms with Gasteiger partial charge in [-0.1, -0.05) is 72.9 Å². The maximum absolute atomic E-state index is 12.9. The van der Waals surface area contributed by atoms with Crippen LogP contribution >= 0.6 is 0 Å². The molecule has 8 nitrogen and oxygen atoms in total. The van der Waals surface area contributed by atoms with Crippen molar-refractivity contribution in [2.24, 2.45) is 16.2 Å². The summed E-state index contributed by atoms with van der Waals surface area (Å²) in [6, 6.07) is 14.5. The van der Waals surface area contributed by atoms with Crippen LogP contribution in [0, 0.1) is 16.2 Å². The van der Waals surface area contributed by atoms with Gasteiger partial charge in [0.05, 0.1) is 32.3 Å². The fourth-order valence-corrected chi connectivity index (χ4v) is 4.75. The molecule has 1 atom stereocenters. The average Bonchev–Trinajstić information content (AvgIpc) is 3.02. The van der Waals surface area contributed by atoms with Gasteiger partial charge >= 0.3 is 11.9 Å². The fourth-order valence-electron chi connectivity index (χ4n) is 4.75. The second-order valence-electron chi connectivity index (χ2n) is 14.0. The minimum atomic E-state index is -0.494. The number of aldehydes is 1. The summed E-state index contributed by atoms with van der Waals surface area (Å²) in [5, 5.41) is 0. The van der Waals surface area contributed by atoms with E-state index in [1.54, 1.807) is 32.4 Å². The average molecular weight is 655 g/mol. The smallest absolute Gasteiger partial charge is 0.330 e. The summed E-state index contributed by atoms with van der Waals surface area (Å²) >= 11 is 0. The minimum Gasteiger partial charge on any atom is -0.497 e. The van der Waals surface area contributed by atoms with Crippen molar-refractivity contribution in [3.8, 4) is 11.5 Å². The summed E-state index contributed by atoms with van der Waals surface area (Å²) in [5.74, 6) is 1.13. The quantitative estimate of drug-likeness (QED) is 0.0681. The topological polar surface area (TPSA) is 97.4 Å². The predicted molar refractivity (Wildman–Crippen MR) is 188 cm³/mol.